The summed E-state index contributed by atoms with van der Waals surface area (Å²) in [5, 5.41) is 7.29. The largest absolute Gasteiger partial charge is 0.490 e. The second-order valence-electron chi connectivity index (χ2n) is 4.54. The maximum absolute atomic E-state index is 13.1. The van der Waals surface area contributed by atoms with Gasteiger partial charge in [-0.1, -0.05) is 6.07 Å². The Morgan fingerprint density at radius 3 is 2.43 bits per heavy atom. The average Bonchev–Trinajstić information content (AvgIpc) is 2.47. The molecule has 110 valence electrons. The summed E-state index contributed by atoms with van der Waals surface area (Å²) in [6, 6.07) is 11.3. The third kappa shape index (κ3) is 4.21. The molecule has 0 unspecified atom stereocenters. The number of aryl methyl sites for hydroxylation is 1. The van der Waals surface area contributed by atoms with Gasteiger partial charge >= 0.3 is 0 Å². The van der Waals surface area contributed by atoms with Crippen molar-refractivity contribution in [3.63, 3.8) is 0 Å². The SMILES string of the molecule is Cc1ccc(F)cc1OCCOc1ccc(C(=N)N)cc1. The molecule has 2 aromatic rings. The van der Waals surface area contributed by atoms with Gasteiger partial charge in [0.05, 0.1) is 0 Å². The molecule has 0 bridgehead atoms. The van der Waals surface area contributed by atoms with Crippen molar-refractivity contribution in [1.29, 1.82) is 5.41 Å². The van der Waals surface area contributed by atoms with Crippen molar-refractivity contribution < 1.29 is 13.9 Å². The zero-order valence-electron chi connectivity index (χ0n) is 11.7. The summed E-state index contributed by atoms with van der Waals surface area (Å²) in [5.41, 5.74) is 6.89. The van der Waals surface area contributed by atoms with Gasteiger partial charge in [0.15, 0.2) is 0 Å². The van der Waals surface area contributed by atoms with Crippen molar-refractivity contribution in [2.45, 2.75) is 6.92 Å². The quantitative estimate of drug-likeness (QED) is 0.488. The highest BCUT2D eigenvalue weighted by Crippen LogP contribution is 2.18. The highest BCUT2D eigenvalue weighted by atomic mass is 19.1. The number of hydrogen-bond donors (Lipinski definition) is 2. The lowest BCUT2D eigenvalue weighted by molar-refractivity contribution is 0.216. The highest BCUT2D eigenvalue weighted by molar-refractivity contribution is 5.94. The van der Waals surface area contributed by atoms with Gasteiger partial charge in [0.25, 0.3) is 0 Å². The molecular formula is C16H17FN2O2. The summed E-state index contributed by atoms with van der Waals surface area (Å²) in [6.07, 6.45) is 0. The Hall–Kier alpha value is -2.56. The standard InChI is InChI=1S/C16H17FN2O2/c1-11-2-5-13(17)10-15(11)21-9-8-20-14-6-3-12(4-7-14)16(18)19/h2-7,10H,8-9H2,1H3,(H3,18,19). The molecule has 0 aliphatic rings. The Morgan fingerprint density at radius 1 is 1.10 bits per heavy atom. The number of halogens is 1. The molecule has 2 rings (SSSR count). The lowest BCUT2D eigenvalue weighted by atomic mass is 10.2. The molecule has 0 heterocycles. The van der Waals surface area contributed by atoms with Crippen molar-refractivity contribution >= 4 is 5.84 Å². The maximum atomic E-state index is 13.1. The second kappa shape index (κ2) is 6.74. The van der Waals surface area contributed by atoms with Crippen LogP contribution in [0, 0.1) is 18.2 Å². The maximum Gasteiger partial charge on any atom is 0.126 e. The number of ether oxygens (including phenoxy) is 2. The van der Waals surface area contributed by atoms with Crippen LogP contribution in [0.3, 0.4) is 0 Å². The number of benzene rings is 2. The molecule has 0 spiro atoms. The molecule has 0 aromatic heterocycles. The molecule has 0 radical (unpaired) electrons. The normalized spacial score (nSPS) is 10.2. The predicted molar refractivity (Wildman–Crippen MR) is 79.6 cm³/mol. The Labute approximate surface area is 122 Å². The fraction of sp³-hybridized carbons (Fsp3) is 0.188. The van der Waals surface area contributed by atoms with Gasteiger partial charge in [0.2, 0.25) is 0 Å². The molecule has 0 aliphatic carbocycles. The van der Waals surface area contributed by atoms with Crippen LogP contribution < -0.4 is 15.2 Å². The van der Waals surface area contributed by atoms with E-state index in [1.807, 2.05) is 6.92 Å². The molecule has 3 N–H and O–H groups in total. The Bertz CT molecular complexity index is 627. The van der Waals surface area contributed by atoms with Gasteiger partial charge in [-0.3, -0.25) is 5.41 Å². The first-order chi connectivity index (χ1) is 10.1. The predicted octanol–water partition coefficient (Wildman–Crippen LogP) is 2.88. The first kappa shape index (κ1) is 14.8. The summed E-state index contributed by atoms with van der Waals surface area (Å²) in [7, 11) is 0. The van der Waals surface area contributed by atoms with Gasteiger partial charge in [-0.2, -0.15) is 0 Å². The molecule has 2 aromatic carbocycles. The number of hydrogen-bond acceptors (Lipinski definition) is 3. The average molecular weight is 288 g/mol. The summed E-state index contributed by atoms with van der Waals surface area (Å²) in [6.45, 7) is 2.52. The van der Waals surface area contributed by atoms with Crippen molar-refractivity contribution in [2.24, 2.45) is 5.73 Å². The van der Waals surface area contributed by atoms with Gasteiger partial charge in [0.1, 0.15) is 36.4 Å². The van der Waals surface area contributed by atoms with Crippen molar-refractivity contribution in [3.05, 3.63) is 59.4 Å². The lowest BCUT2D eigenvalue weighted by Gasteiger charge is -2.10. The van der Waals surface area contributed by atoms with E-state index in [9.17, 15) is 4.39 Å². The van der Waals surface area contributed by atoms with E-state index in [2.05, 4.69) is 0 Å². The Balaban J connectivity index is 1.81. The summed E-state index contributed by atoms with van der Waals surface area (Å²) in [5.74, 6) is 0.882. The van der Waals surface area contributed by atoms with Crippen molar-refractivity contribution in [2.75, 3.05) is 13.2 Å². The molecule has 4 nitrogen and oxygen atoms in total. The van der Waals surface area contributed by atoms with Gasteiger partial charge < -0.3 is 15.2 Å². The van der Waals surface area contributed by atoms with Crippen LogP contribution in [0.15, 0.2) is 42.5 Å². The molecule has 0 saturated carbocycles. The van der Waals surface area contributed by atoms with Crippen LogP contribution in [-0.2, 0) is 0 Å². The van der Waals surface area contributed by atoms with Crippen LogP contribution in [0.5, 0.6) is 11.5 Å². The minimum absolute atomic E-state index is 0.0199. The summed E-state index contributed by atoms with van der Waals surface area (Å²) in [4.78, 5) is 0. The van der Waals surface area contributed by atoms with Crippen LogP contribution in [0.1, 0.15) is 11.1 Å². The van der Waals surface area contributed by atoms with Gasteiger partial charge in [-0.25, -0.2) is 4.39 Å². The number of amidine groups is 1. The van der Waals surface area contributed by atoms with E-state index in [-0.39, 0.29) is 11.7 Å². The van der Waals surface area contributed by atoms with E-state index in [4.69, 9.17) is 20.6 Å². The van der Waals surface area contributed by atoms with Crippen molar-refractivity contribution in [3.8, 4) is 11.5 Å². The van der Waals surface area contributed by atoms with Crippen LogP contribution in [0.4, 0.5) is 4.39 Å². The van der Waals surface area contributed by atoms with Crippen LogP contribution in [-0.4, -0.2) is 19.0 Å². The Kier molecular flexibility index (Phi) is 4.77. The zero-order chi connectivity index (χ0) is 15.2. The van der Waals surface area contributed by atoms with E-state index < -0.39 is 0 Å². The first-order valence-corrected chi connectivity index (χ1v) is 6.52. The second-order valence-corrected chi connectivity index (χ2v) is 4.54. The third-order valence-corrected chi connectivity index (χ3v) is 2.93. The lowest BCUT2D eigenvalue weighted by Crippen LogP contribution is -2.11. The van der Waals surface area contributed by atoms with Crippen molar-refractivity contribution in [1.82, 2.24) is 0 Å². The summed E-state index contributed by atoms with van der Waals surface area (Å²) >= 11 is 0. The van der Waals surface area contributed by atoms with Crippen LogP contribution in [0.25, 0.3) is 0 Å². The molecule has 5 heteroatoms. The van der Waals surface area contributed by atoms with Crippen LogP contribution >= 0.6 is 0 Å². The number of nitrogen functional groups attached to an aromatic ring is 1. The molecule has 0 aliphatic heterocycles. The first-order valence-electron chi connectivity index (χ1n) is 6.52. The molecule has 0 amide bonds. The fourth-order valence-corrected chi connectivity index (χ4v) is 1.77. The van der Waals surface area contributed by atoms with Gasteiger partial charge in [-0.15, -0.1) is 0 Å². The van der Waals surface area contributed by atoms with Crippen LogP contribution in [0.2, 0.25) is 0 Å². The van der Waals surface area contributed by atoms with Gasteiger partial charge in [0, 0.05) is 11.6 Å². The zero-order valence-corrected chi connectivity index (χ0v) is 11.7. The highest BCUT2D eigenvalue weighted by Gasteiger charge is 2.02. The summed E-state index contributed by atoms with van der Waals surface area (Å²) < 4.78 is 24.1. The van der Waals surface area contributed by atoms with E-state index in [1.54, 1.807) is 30.3 Å². The number of nitrogens with two attached hydrogens (primary N) is 1. The molecule has 21 heavy (non-hydrogen) atoms. The fourth-order valence-electron chi connectivity index (χ4n) is 1.77. The smallest absolute Gasteiger partial charge is 0.126 e. The Morgan fingerprint density at radius 2 is 1.76 bits per heavy atom. The molecule has 0 fully saturated rings. The van der Waals surface area contributed by atoms with E-state index >= 15 is 0 Å². The number of nitrogens with one attached hydrogen (secondary N) is 1. The minimum Gasteiger partial charge on any atom is -0.490 e. The van der Waals surface area contributed by atoms with E-state index in [1.165, 1.54) is 12.1 Å². The van der Waals surface area contributed by atoms with E-state index in [0.29, 0.717) is 30.3 Å². The molecule has 0 saturated heterocycles. The van der Waals surface area contributed by atoms with E-state index in [0.717, 1.165) is 5.56 Å². The number of rotatable bonds is 6. The minimum atomic E-state index is -0.323. The third-order valence-electron chi connectivity index (χ3n) is 2.93. The monoisotopic (exact) mass is 288 g/mol. The molecular weight excluding hydrogens is 271 g/mol. The topological polar surface area (TPSA) is 68.3 Å². The van der Waals surface area contributed by atoms with Gasteiger partial charge in [-0.05, 0) is 42.8 Å². The molecule has 0 atom stereocenters.